The Morgan fingerprint density at radius 2 is 2.07 bits per heavy atom. The lowest BCUT2D eigenvalue weighted by atomic mass is 10.1. The highest BCUT2D eigenvalue weighted by Gasteiger charge is 2.23. The minimum absolute atomic E-state index is 0.0771. The van der Waals surface area contributed by atoms with E-state index in [1.807, 2.05) is 12.1 Å². The molecule has 1 saturated heterocycles. The Morgan fingerprint density at radius 1 is 1.40 bits per heavy atom. The molecule has 0 unspecified atom stereocenters. The van der Waals surface area contributed by atoms with Crippen molar-refractivity contribution in [3.63, 3.8) is 0 Å². The Morgan fingerprint density at radius 3 is 2.53 bits per heavy atom. The summed E-state index contributed by atoms with van der Waals surface area (Å²) in [7, 11) is 0. The molecule has 0 saturated carbocycles. The molecule has 0 spiro atoms. The minimum Gasteiger partial charge on any atom is -0.454 e. The third-order valence-electron chi connectivity index (χ3n) is 2.31. The van der Waals surface area contributed by atoms with Crippen molar-refractivity contribution < 1.29 is 14.3 Å². The van der Waals surface area contributed by atoms with Gasteiger partial charge in [-0.15, -0.1) is 0 Å². The van der Waals surface area contributed by atoms with Gasteiger partial charge in [0.1, 0.15) is 6.10 Å². The summed E-state index contributed by atoms with van der Waals surface area (Å²) in [4.78, 5) is 11.5. The molecule has 80 valence electrons. The molecule has 1 aromatic carbocycles. The standard InChI is InChI=1S/C11H13NO3/c12-5-8-1-3-9(4-2-8)11(13)15-10-6-14-7-10/h1-4,10H,5-7,12H2. The molecule has 0 aromatic heterocycles. The molecule has 0 aliphatic carbocycles. The van der Waals surface area contributed by atoms with Crippen molar-refractivity contribution in [1.82, 2.24) is 0 Å². The van der Waals surface area contributed by atoms with Crippen LogP contribution in [-0.2, 0) is 16.0 Å². The van der Waals surface area contributed by atoms with Gasteiger partial charge in [-0.2, -0.15) is 0 Å². The van der Waals surface area contributed by atoms with E-state index < -0.39 is 0 Å². The highest BCUT2D eigenvalue weighted by molar-refractivity contribution is 5.89. The monoisotopic (exact) mass is 207 g/mol. The van der Waals surface area contributed by atoms with Gasteiger partial charge in [0, 0.05) is 6.54 Å². The molecule has 1 fully saturated rings. The first kappa shape index (κ1) is 10.1. The van der Waals surface area contributed by atoms with Gasteiger partial charge in [-0.25, -0.2) is 4.79 Å². The second-order valence-electron chi connectivity index (χ2n) is 3.47. The molecule has 0 bridgehead atoms. The zero-order valence-electron chi connectivity index (χ0n) is 8.31. The normalized spacial score (nSPS) is 15.8. The SMILES string of the molecule is NCc1ccc(C(=O)OC2COC2)cc1. The van der Waals surface area contributed by atoms with Crippen molar-refractivity contribution in [3.05, 3.63) is 35.4 Å². The van der Waals surface area contributed by atoms with Gasteiger partial charge in [-0.05, 0) is 17.7 Å². The summed E-state index contributed by atoms with van der Waals surface area (Å²) < 4.78 is 10.1. The average Bonchev–Trinajstić information content (AvgIpc) is 2.23. The van der Waals surface area contributed by atoms with E-state index in [-0.39, 0.29) is 12.1 Å². The highest BCUT2D eigenvalue weighted by Crippen LogP contribution is 2.11. The van der Waals surface area contributed by atoms with Crippen LogP contribution in [0.25, 0.3) is 0 Å². The number of hydrogen-bond acceptors (Lipinski definition) is 4. The van der Waals surface area contributed by atoms with Crippen LogP contribution < -0.4 is 5.73 Å². The Labute approximate surface area is 88.0 Å². The molecule has 2 N–H and O–H groups in total. The van der Waals surface area contributed by atoms with Crippen molar-refractivity contribution in [3.8, 4) is 0 Å². The Hall–Kier alpha value is -1.39. The maximum atomic E-state index is 11.5. The van der Waals surface area contributed by atoms with Gasteiger partial charge in [-0.3, -0.25) is 0 Å². The lowest BCUT2D eigenvalue weighted by molar-refractivity contribution is -0.103. The fourth-order valence-electron chi connectivity index (χ4n) is 1.28. The predicted molar refractivity (Wildman–Crippen MR) is 54.4 cm³/mol. The van der Waals surface area contributed by atoms with Gasteiger partial charge in [-0.1, -0.05) is 12.1 Å². The van der Waals surface area contributed by atoms with Crippen molar-refractivity contribution in [2.75, 3.05) is 13.2 Å². The topological polar surface area (TPSA) is 61.6 Å². The molecule has 1 aromatic rings. The van der Waals surface area contributed by atoms with Gasteiger partial charge in [0.05, 0.1) is 18.8 Å². The van der Waals surface area contributed by atoms with Crippen molar-refractivity contribution >= 4 is 5.97 Å². The molecule has 0 atom stereocenters. The third kappa shape index (κ3) is 2.34. The molecule has 0 amide bonds. The van der Waals surface area contributed by atoms with E-state index in [4.69, 9.17) is 15.2 Å². The zero-order valence-corrected chi connectivity index (χ0v) is 8.31. The van der Waals surface area contributed by atoms with E-state index in [1.54, 1.807) is 12.1 Å². The van der Waals surface area contributed by atoms with Crippen LogP contribution in [-0.4, -0.2) is 25.3 Å². The number of nitrogens with two attached hydrogens (primary N) is 1. The molecule has 15 heavy (non-hydrogen) atoms. The predicted octanol–water partition coefficient (Wildman–Crippen LogP) is 0.701. The first-order valence-corrected chi connectivity index (χ1v) is 4.87. The van der Waals surface area contributed by atoms with Crippen molar-refractivity contribution in [2.24, 2.45) is 5.73 Å². The van der Waals surface area contributed by atoms with E-state index in [9.17, 15) is 4.79 Å². The summed E-state index contributed by atoms with van der Waals surface area (Å²) in [5, 5.41) is 0. The molecule has 1 aliphatic rings. The summed E-state index contributed by atoms with van der Waals surface area (Å²) in [5.74, 6) is -0.299. The second kappa shape index (κ2) is 4.42. The zero-order chi connectivity index (χ0) is 10.7. The Balaban J connectivity index is 1.98. The lowest BCUT2D eigenvalue weighted by Gasteiger charge is -2.25. The number of carbonyl (C=O) groups is 1. The van der Waals surface area contributed by atoms with Gasteiger partial charge < -0.3 is 15.2 Å². The van der Waals surface area contributed by atoms with Crippen LogP contribution in [0.1, 0.15) is 15.9 Å². The molecule has 1 heterocycles. The average molecular weight is 207 g/mol. The van der Waals surface area contributed by atoms with Crippen LogP contribution in [0, 0.1) is 0 Å². The van der Waals surface area contributed by atoms with Crippen LogP contribution >= 0.6 is 0 Å². The number of hydrogen-bond donors (Lipinski definition) is 1. The van der Waals surface area contributed by atoms with Crippen molar-refractivity contribution in [2.45, 2.75) is 12.6 Å². The van der Waals surface area contributed by atoms with Crippen LogP contribution in [0.5, 0.6) is 0 Å². The van der Waals surface area contributed by atoms with E-state index in [0.29, 0.717) is 25.3 Å². The molecular formula is C11H13NO3. The molecular weight excluding hydrogens is 194 g/mol. The molecule has 4 nitrogen and oxygen atoms in total. The second-order valence-corrected chi connectivity index (χ2v) is 3.47. The molecule has 4 heteroatoms. The smallest absolute Gasteiger partial charge is 0.338 e. The maximum Gasteiger partial charge on any atom is 0.338 e. The number of benzene rings is 1. The minimum atomic E-state index is -0.299. The first-order valence-electron chi connectivity index (χ1n) is 4.87. The van der Waals surface area contributed by atoms with E-state index >= 15 is 0 Å². The Kier molecular flexibility index (Phi) is 2.99. The van der Waals surface area contributed by atoms with Crippen LogP contribution in [0.4, 0.5) is 0 Å². The van der Waals surface area contributed by atoms with Crippen LogP contribution in [0.15, 0.2) is 24.3 Å². The van der Waals surface area contributed by atoms with Gasteiger partial charge in [0.15, 0.2) is 0 Å². The van der Waals surface area contributed by atoms with Gasteiger partial charge >= 0.3 is 5.97 Å². The number of carbonyl (C=O) groups excluding carboxylic acids is 1. The van der Waals surface area contributed by atoms with Crippen molar-refractivity contribution in [1.29, 1.82) is 0 Å². The summed E-state index contributed by atoms with van der Waals surface area (Å²) >= 11 is 0. The number of esters is 1. The van der Waals surface area contributed by atoms with Gasteiger partial charge in [0.2, 0.25) is 0 Å². The largest absolute Gasteiger partial charge is 0.454 e. The Bertz CT molecular complexity index is 343. The maximum absolute atomic E-state index is 11.5. The fraction of sp³-hybridized carbons (Fsp3) is 0.364. The quantitative estimate of drug-likeness (QED) is 0.741. The molecule has 1 aliphatic heterocycles. The summed E-state index contributed by atoms with van der Waals surface area (Å²) in [6.07, 6.45) is -0.0771. The van der Waals surface area contributed by atoms with E-state index in [2.05, 4.69) is 0 Å². The van der Waals surface area contributed by atoms with E-state index in [1.165, 1.54) is 0 Å². The lowest BCUT2D eigenvalue weighted by Crippen LogP contribution is -2.37. The van der Waals surface area contributed by atoms with E-state index in [0.717, 1.165) is 5.56 Å². The number of rotatable bonds is 3. The van der Waals surface area contributed by atoms with Crippen LogP contribution in [0.3, 0.4) is 0 Å². The summed E-state index contributed by atoms with van der Waals surface area (Å²) in [5.41, 5.74) is 7.01. The summed E-state index contributed by atoms with van der Waals surface area (Å²) in [6.45, 7) is 1.49. The molecule has 0 radical (unpaired) electrons. The number of ether oxygens (including phenoxy) is 2. The first-order chi connectivity index (χ1) is 7.29. The van der Waals surface area contributed by atoms with Gasteiger partial charge in [0.25, 0.3) is 0 Å². The molecule has 2 rings (SSSR count). The van der Waals surface area contributed by atoms with Crippen LogP contribution in [0.2, 0.25) is 0 Å². The fourth-order valence-corrected chi connectivity index (χ4v) is 1.28. The highest BCUT2D eigenvalue weighted by atomic mass is 16.6. The summed E-state index contributed by atoms with van der Waals surface area (Å²) in [6, 6.07) is 7.11. The third-order valence-corrected chi connectivity index (χ3v) is 2.31.